The van der Waals surface area contributed by atoms with E-state index in [-0.39, 0.29) is 29.0 Å². The molecule has 0 saturated carbocycles. The lowest BCUT2D eigenvalue weighted by Gasteiger charge is -2.34. The number of aromatic nitrogens is 3. The van der Waals surface area contributed by atoms with Gasteiger partial charge < -0.3 is 20.3 Å². The molecule has 1 aliphatic carbocycles. The van der Waals surface area contributed by atoms with Gasteiger partial charge in [0.1, 0.15) is 10.3 Å². The zero-order valence-corrected chi connectivity index (χ0v) is 26.0. The second-order valence-electron chi connectivity index (χ2n) is 13.2. The fourth-order valence-corrected chi connectivity index (χ4v) is 7.19. The molecule has 1 aliphatic heterocycles. The summed E-state index contributed by atoms with van der Waals surface area (Å²) in [7, 11) is 0. The first kappa shape index (κ1) is 29.7. The molecule has 4 heterocycles. The van der Waals surface area contributed by atoms with Crippen molar-refractivity contribution in [1.29, 1.82) is 0 Å². The molecule has 0 bridgehead atoms. The normalized spacial score (nSPS) is 18.8. The van der Waals surface area contributed by atoms with Gasteiger partial charge in [0.05, 0.1) is 12.1 Å². The first-order valence-corrected chi connectivity index (χ1v) is 16.2. The third kappa shape index (κ3) is 6.89. The number of piperidine rings is 1. The molecular weight excluding hydrogens is 558 g/mol. The minimum Gasteiger partial charge on any atom is -0.393 e. The number of rotatable bonds is 7. The Labute approximate surface area is 256 Å². The molecule has 1 fully saturated rings. The van der Waals surface area contributed by atoms with E-state index in [1.54, 1.807) is 12.3 Å². The molecule has 1 amide bonds. The number of benzene rings is 1. The number of carbonyl (C=O) groups is 1. The lowest BCUT2D eigenvalue weighted by Crippen LogP contribution is -2.38. The molecule has 6 rings (SSSR count). The summed E-state index contributed by atoms with van der Waals surface area (Å²) >= 11 is 1.37. The Morgan fingerprint density at radius 2 is 1.84 bits per heavy atom. The van der Waals surface area contributed by atoms with Crippen LogP contribution >= 0.6 is 11.3 Å². The van der Waals surface area contributed by atoms with Crippen molar-refractivity contribution < 1.29 is 9.90 Å². The molecule has 0 spiro atoms. The number of carbonyl (C=O) groups excluding carboxylic acids is 1. The molecule has 1 unspecified atom stereocenters. The summed E-state index contributed by atoms with van der Waals surface area (Å²) in [4.78, 5) is 40.7. The van der Waals surface area contributed by atoms with E-state index in [1.807, 2.05) is 24.3 Å². The van der Waals surface area contributed by atoms with Crippen LogP contribution in [0.3, 0.4) is 0 Å². The number of hydrogen-bond donors (Lipinski definition) is 3. The van der Waals surface area contributed by atoms with Gasteiger partial charge in [0.2, 0.25) is 5.56 Å². The van der Waals surface area contributed by atoms with Crippen LogP contribution < -0.4 is 10.9 Å². The van der Waals surface area contributed by atoms with Gasteiger partial charge in [-0.2, -0.15) is 0 Å². The van der Waals surface area contributed by atoms with Crippen molar-refractivity contribution in [2.45, 2.75) is 71.4 Å². The summed E-state index contributed by atoms with van der Waals surface area (Å²) < 4.78 is 0. The third-order valence-electron chi connectivity index (χ3n) is 9.19. The van der Waals surface area contributed by atoms with Crippen LogP contribution in [0.25, 0.3) is 21.5 Å². The van der Waals surface area contributed by atoms with Gasteiger partial charge in [-0.05, 0) is 84.2 Å². The van der Waals surface area contributed by atoms with Gasteiger partial charge in [0.25, 0.3) is 5.91 Å². The summed E-state index contributed by atoms with van der Waals surface area (Å²) in [5.74, 6) is 0.428. The second kappa shape index (κ2) is 12.3. The van der Waals surface area contributed by atoms with Gasteiger partial charge in [-0.3, -0.25) is 9.59 Å². The molecule has 3 N–H and O–H groups in total. The summed E-state index contributed by atoms with van der Waals surface area (Å²) in [6.45, 7) is 9.46. The van der Waals surface area contributed by atoms with Crippen LogP contribution in [0.4, 0.5) is 0 Å². The maximum absolute atomic E-state index is 13.6. The largest absolute Gasteiger partial charge is 0.393 e. The highest BCUT2D eigenvalue weighted by Gasteiger charge is 2.30. The number of nitrogens with one attached hydrogen (secondary N) is 2. The van der Waals surface area contributed by atoms with Crippen LogP contribution in [0, 0.1) is 11.3 Å². The SMILES string of the molecule is CC(C)(C)[C@H]1CCc2nc3sc(C(=O)NC(CCN4CCC(O)CC4)c4ccc(-c5ccc(=O)[nH]c5)cc4)nc3cc2C1. The van der Waals surface area contributed by atoms with E-state index in [9.17, 15) is 14.7 Å². The third-order valence-corrected chi connectivity index (χ3v) is 10.2. The quantitative estimate of drug-likeness (QED) is 0.258. The van der Waals surface area contributed by atoms with Crippen molar-refractivity contribution in [3.8, 4) is 11.1 Å². The van der Waals surface area contributed by atoms with Crippen molar-refractivity contribution in [2.24, 2.45) is 11.3 Å². The van der Waals surface area contributed by atoms with Gasteiger partial charge >= 0.3 is 0 Å². The Kier molecular flexibility index (Phi) is 8.49. The Hall–Kier alpha value is -3.40. The van der Waals surface area contributed by atoms with Gasteiger partial charge in [0, 0.05) is 37.6 Å². The van der Waals surface area contributed by atoms with E-state index in [0.717, 1.165) is 90.9 Å². The van der Waals surface area contributed by atoms with Crippen LogP contribution in [-0.4, -0.2) is 56.6 Å². The zero-order valence-electron chi connectivity index (χ0n) is 25.2. The number of likely N-dealkylation sites (tertiary alicyclic amines) is 1. The maximum atomic E-state index is 13.6. The second-order valence-corrected chi connectivity index (χ2v) is 14.2. The molecule has 4 aromatic rings. The highest BCUT2D eigenvalue weighted by Crippen LogP contribution is 2.38. The predicted octanol–water partition coefficient (Wildman–Crippen LogP) is 5.52. The Morgan fingerprint density at radius 3 is 2.53 bits per heavy atom. The number of amides is 1. The van der Waals surface area contributed by atoms with Crippen LogP contribution in [0.15, 0.2) is 53.5 Å². The molecule has 1 aromatic carbocycles. The van der Waals surface area contributed by atoms with E-state index in [1.165, 1.54) is 23.0 Å². The fraction of sp³-hybridized carbons (Fsp3) is 0.471. The first-order valence-electron chi connectivity index (χ1n) is 15.4. The highest BCUT2D eigenvalue weighted by atomic mass is 32.1. The number of H-pyrrole nitrogens is 1. The fourth-order valence-electron chi connectivity index (χ4n) is 6.34. The average molecular weight is 600 g/mol. The molecule has 226 valence electrons. The van der Waals surface area contributed by atoms with Crippen molar-refractivity contribution >= 4 is 27.6 Å². The number of aliphatic hydroxyl groups excluding tert-OH is 1. The summed E-state index contributed by atoms with van der Waals surface area (Å²) in [5, 5.41) is 13.6. The number of hydrogen-bond acceptors (Lipinski definition) is 7. The van der Waals surface area contributed by atoms with E-state index in [2.05, 4.69) is 42.0 Å². The monoisotopic (exact) mass is 599 g/mol. The van der Waals surface area contributed by atoms with Gasteiger partial charge in [-0.25, -0.2) is 9.97 Å². The number of aryl methyl sites for hydroxylation is 1. The number of aromatic amines is 1. The van der Waals surface area contributed by atoms with E-state index < -0.39 is 0 Å². The van der Waals surface area contributed by atoms with Gasteiger partial charge in [0.15, 0.2) is 5.01 Å². The number of nitrogens with zero attached hydrogens (tertiary/aromatic N) is 3. The number of aliphatic hydroxyl groups is 1. The van der Waals surface area contributed by atoms with E-state index in [4.69, 9.17) is 9.97 Å². The topological polar surface area (TPSA) is 111 Å². The first-order chi connectivity index (χ1) is 20.6. The van der Waals surface area contributed by atoms with Crippen LogP contribution in [0.2, 0.25) is 0 Å². The van der Waals surface area contributed by atoms with Crippen molar-refractivity contribution in [3.05, 3.63) is 80.8 Å². The average Bonchev–Trinajstić information content (AvgIpc) is 3.41. The van der Waals surface area contributed by atoms with E-state index >= 15 is 0 Å². The molecule has 9 heteroatoms. The highest BCUT2D eigenvalue weighted by molar-refractivity contribution is 7.19. The summed E-state index contributed by atoms with van der Waals surface area (Å²) in [6.07, 6.45) is 6.91. The molecule has 0 radical (unpaired) electrons. The van der Waals surface area contributed by atoms with Crippen LogP contribution in [-0.2, 0) is 12.8 Å². The zero-order chi connectivity index (χ0) is 30.1. The minimum atomic E-state index is -0.218. The van der Waals surface area contributed by atoms with Crippen molar-refractivity contribution in [3.63, 3.8) is 0 Å². The van der Waals surface area contributed by atoms with Crippen molar-refractivity contribution in [1.82, 2.24) is 25.2 Å². The molecular formula is C34H41N5O3S. The number of fused-ring (bicyclic) bond motifs is 2. The molecule has 8 nitrogen and oxygen atoms in total. The van der Waals surface area contributed by atoms with E-state index in [0.29, 0.717) is 10.9 Å². The Bertz CT molecular complexity index is 1630. The minimum absolute atomic E-state index is 0.132. The van der Waals surface area contributed by atoms with Gasteiger partial charge in [-0.1, -0.05) is 56.4 Å². The molecule has 43 heavy (non-hydrogen) atoms. The Balaban J connectivity index is 1.21. The maximum Gasteiger partial charge on any atom is 0.280 e. The lowest BCUT2D eigenvalue weighted by atomic mass is 9.71. The lowest BCUT2D eigenvalue weighted by molar-refractivity contribution is 0.0795. The summed E-state index contributed by atoms with van der Waals surface area (Å²) in [6, 6.07) is 13.4. The smallest absolute Gasteiger partial charge is 0.280 e. The molecule has 2 atom stereocenters. The van der Waals surface area contributed by atoms with Crippen LogP contribution in [0.5, 0.6) is 0 Å². The molecule has 2 aliphatic rings. The number of pyridine rings is 2. The predicted molar refractivity (Wildman–Crippen MR) is 171 cm³/mol. The Morgan fingerprint density at radius 1 is 1.09 bits per heavy atom. The summed E-state index contributed by atoms with van der Waals surface area (Å²) in [5.41, 5.74) is 6.27. The molecule has 1 saturated heterocycles. The van der Waals surface area contributed by atoms with Crippen LogP contribution in [0.1, 0.15) is 79.1 Å². The molecule has 3 aromatic heterocycles. The standard InChI is InChI=1S/C34H41N5O3S/c1-34(2,3)25-9-10-27-24(18-25)19-29-32(37-27)43-33(38-29)31(42)36-28(14-17-39-15-12-26(40)13-16-39)22-6-4-21(5-7-22)23-8-11-30(41)35-20-23/h4-8,11,19-20,25-26,28,40H,9-10,12-18H2,1-3H3,(H,35,41)(H,36,42)/t25-,28?/m0/s1. The van der Waals surface area contributed by atoms with Gasteiger partial charge in [-0.15, -0.1) is 0 Å². The van der Waals surface area contributed by atoms with Crippen molar-refractivity contribution in [2.75, 3.05) is 19.6 Å². The number of thiazole rings is 1.